The van der Waals surface area contributed by atoms with E-state index < -0.39 is 24.4 Å². The van der Waals surface area contributed by atoms with Gasteiger partial charge in [0, 0.05) is 33.3 Å². The van der Waals surface area contributed by atoms with E-state index in [4.69, 9.17) is 4.74 Å². The van der Waals surface area contributed by atoms with Crippen LogP contribution in [0.15, 0.2) is 0 Å². The van der Waals surface area contributed by atoms with Gasteiger partial charge in [0.15, 0.2) is 0 Å². The molecule has 2 aliphatic heterocycles. The highest BCUT2D eigenvalue weighted by Gasteiger charge is 2.41. The van der Waals surface area contributed by atoms with Crippen LogP contribution in [0.1, 0.15) is 12.8 Å². The molecule has 0 spiro atoms. The summed E-state index contributed by atoms with van der Waals surface area (Å²) in [4.78, 5) is 4.17. The maximum Gasteiger partial charge on any atom is 0.109 e. The molecule has 2 fully saturated rings. The smallest absolute Gasteiger partial charge is 0.109 e. The number of β-amino-alcohol motifs (C(OH)–C–C–N with tert-alkyl or cyclic N) is 1. The molecule has 1 unspecified atom stereocenters. The molecule has 0 aromatic carbocycles. The van der Waals surface area contributed by atoms with Gasteiger partial charge in [-0.25, -0.2) is 0 Å². The highest BCUT2D eigenvalue weighted by Crippen LogP contribution is 2.24. The van der Waals surface area contributed by atoms with E-state index in [-0.39, 0.29) is 6.61 Å². The number of ether oxygens (including phenoxy) is 1. The quantitative estimate of drug-likeness (QED) is 0.469. The first kappa shape index (κ1) is 17.1. The van der Waals surface area contributed by atoms with Gasteiger partial charge < -0.3 is 25.2 Å². The second-order valence-electron chi connectivity index (χ2n) is 6.23. The summed E-state index contributed by atoms with van der Waals surface area (Å²) < 4.78 is 5.13. The molecule has 0 radical (unpaired) electrons. The van der Waals surface area contributed by atoms with Crippen molar-refractivity contribution in [1.29, 1.82) is 0 Å². The molecule has 7 heteroatoms. The van der Waals surface area contributed by atoms with Gasteiger partial charge in [0.05, 0.1) is 25.5 Å². The molecule has 4 N–H and O–H groups in total. The van der Waals surface area contributed by atoms with Gasteiger partial charge in [-0.15, -0.1) is 0 Å². The number of methoxy groups -OCH3 is 1. The van der Waals surface area contributed by atoms with E-state index in [9.17, 15) is 20.4 Å². The number of piperidine rings is 2. The molecule has 0 aliphatic carbocycles. The molecular weight excluding hydrogens is 276 g/mol. The Kier molecular flexibility index (Phi) is 6.36. The van der Waals surface area contributed by atoms with Crippen LogP contribution in [-0.4, -0.2) is 101 Å². The van der Waals surface area contributed by atoms with Gasteiger partial charge in [-0.3, -0.25) is 9.80 Å². The lowest BCUT2D eigenvalue weighted by molar-refractivity contribution is -0.148. The van der Waals surface area contributed by atoms with Crippen molar-refractivity contribution >= 4 is 0 Å². The maximum atomic E-state index is 9.98. The maximum absolute atomic E-state index is 9.98. The van der Waals surface area contributed by atoms with Crippen LogP contribution in [0.4, 0.5) is 0 Å². The van der Waals surface area contributed by atoms with Crippen molar-refractivity contribution in [1.82, 2.24) is 9.80 Å². The Labute approximate surface area is 125 Å². The molecular formula is C14H28N2O5. The standard InChI is InChI=1S/C14H28N2O5/c1-21-9-15-4-2-10(3-5-15)6-16-7-12(18)14(20)13(19)11(16)8-17/h10-14,17-20H,2-9H2,1H3/t11?,12-,13+,14+/m0/s1. The Morgan fingerprint density at radius 1 is 1.10 bits per heavy atom. The van der Waals surface area contributed by atoms with Gasteiger partial charge in [-0.05, 0) is 18.8 Å². The zero-order valence-electron chi connectivity index (χ0n) is 12.6. The highest BCUT2D eigenvalue weighted by molar-refractivity contribution is 4.95. The Bertz CT molecular complexity index is 312. The highest BCUT2D eigenvalue weighted by atomic mass is 16.5. The fourth-order valence-corrected chi connectivity index (χ4v) is 3.40. The first-order valence-corrected chi connectivity index (χ1v) is 7.67. The number of rotatable bonds is 5. The summed E-state index contributed by atoms with van der Waals surface area (Å²) in [5, 5.41) is 39.0. The fourth-order valence-electron chi connectivity index (χ4n) is 3.40. The van der Waals surface area contributed by atoms with Gasteiger partial charge in [-0.2, -0.15) is 0 Å². The summed E-state index contributed by atoms with van der Waals surface area (Å²) in [7, 11) is 1.69. The molecule has 2 heterocycles. The molecule has 7 nitrogen and oxygen atoms in total. The molecule has 0 aromatic heterocycles. The zero-order chi connectivity index (χ0) is 15.4. The summed E-state index contributed by atoms with van der Waals surface area (Å²) in [6, 6.07) is -0.500. The Balaban J connectivity index is 1.86. The third-order valence-corrected chi connectivity index (χ3v) is 4.73. The lowest BCUT2D eigenvalue weighted by atomic mass is 9.90. The number of hydrogen-bond acceptors (Lipinski definition) is 7. The van der Waals surface area contributed by atoms with Crippen molar-refractivity contribution < 1.29 is 25.2 Å². The topological polar surface area (TPSA) is 96.6 Å². The number of nitrogens with zero attached hydrogens (tertiary/aromatic N) is 2. The SMILES string of the molecule is COCN1CCC(CN2C[C@H](O)[C@@H](O)[C@H](O)C2CO)CC1. The fraction of sp³-hybridized carbons (Fsp3) is 1.00. The van der Waals surface area contributed by atoms with Crippen molar-refractivity contribution in [2.45, 2.75) is 37.2 Å². The summed E-state index contributed by atoms with van der Waals surface area (Å²) in [5.74, 6) is 0.474. The summed E-state index contributed by atoms with van der Waals surface area (Å²) in [6.07, 6.45) is -1.18. The predicted molar refractivity (Wildman–Crippen MR) is 76.6 cm³/mol. The van der Waals surface area contributed by atoms with E-state index in [0.717, 1.165) is 32.5 Å². The number of aliphatic hydroxyl groups excluding tert-OH is 4. The molecule has 0 bridgehead atoms. The van der Waals surface area contributed by atoms with E-state index in [1.165, 1.54) is 0 Å². The number of hydrogen-bond donors (Lipinski definition) is 4. The average molecular weight is 304 g/mol. The van der Waals surface area contributed by atoms with Crippen LogP contribution in [0.2, 0.25) is 0 Å². The second-order valence-corrected chi connectivity index (χ2v) is 6.23. The number of aliphatic hydroxyl groups is 4. The molecule has 0 saturated carbocycles. The molecule has 4 atom stereocenters. The second kappa shape index (κ2) is 7.82. The van der Waals surface area contributed by atoms with Crippen LogP contribution in [-0.2, 0) is 4.74 Å². The third kappa shape index (κ3) is 4.13. The molecule has 0 amide bonds. The summed E-state index contributed by atoms with van der Waals surface area (Å²) in [6.45, 7) is 3.41. The van der Waals surface area contributed by atoms with Crippen LogP contribution in [0, 0.1) is 5.92 Å². The Morgan fingerprint density at radius 3 is 2.33 bits per heavy atom. The number of likely N-dealkylation sites (tertiary alicyclic amines) is 2. The summed E-state index contributed by atoms with van der Waals surface area (Å²) in [5.41, 5.74) is 0. The van der Waals surface area contributed by atoms with Crippen LogP contribution < -0.4 is 0 Å². The van der Waals surface area contributed by atoms with Gasteiger partial charge >= 0.3 is 0 Å². The summed E-state index contributed by atoms with van der Waals surface area (Å²) >= 11 is 0. The van der Waals surface area contributed by atoms with Crippen LogP contribution in [0.3, 0.4) is 0 Å². The molecule has 0 aromatic rings. The van der Waals surface area contributed by atoms with Crippen molar-refractivity contribution in [3.05, 3.63) is 0 Å². The van der Waals surface area contributed by atoms with E-state index in [2.05, 4.69) is 4.90 Å². The van der Waals surface area contributed by atoms with Gasteiger partial charge in [0.1, 0.15) is 12.2 Å². The zero-order valence-corrected chi connectivity index (χ0v) is 12.6. The largest absolute Gasteiger partial charge is 0.395 e. The van der Waals surface area contributed by atoms with Crippen molar-refractivity contribution in [3.63, 3.8) is 0 Å². The van der Waals surface area contributed by atoms with Crippen LogP contribution >= 0.6 is 0 Å². The normalized spacial score (nSPS) is 37.0. The van der Waals surface area contributed by atoms with Crippen molar-refractivity contribution in [2.24, 2.45) is 5.92 Å². The average Bonchev–Trinajstić information content (AvgIpc) is 2.48. The molecule has 124 valence electrons. The molecule has 2 saturated heterocycles. The van der Waals surface area contributed by atoms with Crippen LogP contribution in [0.5, 0.6) is 0 Å². The predicted octanol–water partition coefficient (Wildman–Crippen LogP) is -1.94. The van der Waals surface area contributed by atoms with E-state index >= 15 is 0 Å². The van der Waals surface area contributed by atoms with Gasteiger partial charge in [0.25, 0.3) is 0 Å². The lowest BCUT2D eigenvalue weighted by Gasteiger charge is -2.45. The van der Waals surface area contributed by atoms with Gasteiger partial charge in [-0.1, -0.05) is 0 Å². The minimum Gasteiger partial charge on any atom is -0.395 e. The lowest BCUT2D eigenvalue weighted by Crippen LogP contribution is -2.63. The Hall–Kier alpha value is -0.280. The first-order valence-electron chi connectivity index (χ1n) is 7.67. The van der Waals surface area contributed by atoms with E-state index in [1.54, 1.807) is 7.11 Å². The molecule has 2 aliphatic rings. The molecule has 2 rings (SSSR count). The minimum atomic E-state index is -1.18. The van der Waals surface area contributed by atoms with Crippen LogP contribution in [0.25, 0.3) is 0 Å². The molecule has 21 heavy (non-hydrogen) atoms. The van der Waals surface area contributed by atoms with Gasteiger partial charge in [0.2, 0.25) is 0 Å². The third-order valence-electron chi connectivity index (χ3n) is 4.73. The van der Waals surface area contributed by atoms with Crippen molar-refractivity contribution in [2.75, 3.05) is 46.6 Å². The van der Waals surface area contributed by atoms with Crippen molar-refractivity contribution in [3.8, 4) is 0 Å². The minimum absolute atomic E-state index is 0.215. The van der Waals surface area contributed by atoms with E-state index in [1.807, 2.05) is 4.90 Å². The first-order chi connectivity index (χ1) is 10.1. The monoisotopic (exact) mass is 304 g/mol. The Morgan fingerprint density at radius 2 is 1.76 bits per heavy atom. The van der Waals surface area contributed by atoms with E-state index in [0.29, 0.717) is 19.2 Å².